The molecule has 1 aromatic rings. The van der Waals surface area contributed by atoms with E-state index in [0.717, 1.165) is 0 Å². The van der Waals surface area contributed by atoms with Gasteiger partial charge >= 0.3 is 0 Å². The molecule has 0 aliphatic carbocycles. The van der Waals surface area contributed by atoms with Crippen LogP contribution in [0.15, 0.2) is 11.2 Å². The Hall–Kier alpha value is -0.880. The SMILES string of the molecule is CCN(C)S(=O)(=O)c1cnc(C)[nH]1. The maximum atomic E-state index is 11.6. The van der Waals surface area contributed by atoms with Gasteiger partial charge in [-0.1, -0.05) is 6.92 Å². The molecule has 1 rings (SSSR count). The second-order valence-electron chi connectivity index (χ2n) is 2.75. The Morgan fingerprint density at radius 1 is 1.62 bits per heavy atom. The quantitative estimate of drug-likeness (QED) is 0.771. The zero-order chi connectivity index (χ0) is 10.1. The second-order valence-corrected chi connectivity index (χ2v) is 4.77. The van der Waals surface area contributed by atoms with Crippen LogP contribution >= 0.6 is 0 Å². The molecular formula is C7H13N3O2S. The van der Waals surface area contributed by atoms with Crippen molar-refractivity contribution in [3.05, 3.63) is 12.0 Å². The van der Waals surface area contributed by atoms with E-state index in [0.29, 0.717) is 12.4 Å². The topological polar surface area (TPSA) is 66.1 Å². The molecule has 0 radical (unpaired) electrons. The molecule has 1 N–H and O–H groups in total. The minimum absolute atomic E-state index is 0.148. The highest BCUT2D eigenvalue weighted by Crippen LogP contribution is 2.10. The summed E-state index contributed by atoms with van der Waals surface area (Å²) >= 11 is 0. The van der Waals surface area contributed by atoms with Crippen molar-refractivity contribution >= 4 is 10.0 Å². The van der Waals surface area contributed by atoms with Gasteiger partial charge in [-0.05, 0) is 6.92 Å². The van der Waals surface area contributed by atoms with Crippen molar-refractivity contribution in [1.29, 1.82) is 0 Å². The van der Waals surface area contributed by atoms with Crippen molar-refractivity contribution < 1.29 is 8.42 Å². The van der Waals surface area contributed by atoms with E-state index in [4.69, 9.17) is 0 Å². The molecule has 0 fully saturated rings. The first-order valence-electron chi connectivity index (χ1n) is 3.96. The van der Waals surface area contributed by atoms with E-state index in [-0.39, 0.29) is 5.03 Å². The number of nitrogens with zero attached hydrogens (tertiary/aromatic N) is 2. The fourth-order valence-corrected chi connectivity index (χ4v) is 2.01. The average Bonchev–Trinajstić information content (AvgIpc) is 2.50. The van der Waals surface area contributed by atoms with Crippen LogP contribution in [0.1, 0.15) is 12.7 Å². The average molecular weight is 203 g/mol. The Kier molecular flexibility index (Phi) is 2.72. The minimum Gasteiger partial charge on any atom is -0.332 e. The number of imidazole rings is 1. The Labute approximate surface area is 77.8 Å². The van der Waals surface area contributed by atoms with Gasteiger partial charge in [0.25, 0.3) is 10.0 Å². The van der Waals surface area contributed by atoms with Crippen LogP contribution in [-0.2, 0) is 10.0 Å². The number of aryl methyl sites for hydroxylation is 1. The number of nitrogens with one attached hydrogen (secondary N) is 1. The maximum absolute atomic E-state index is 11.6. The number of hydrogen-bond acceptors (Lipinski definition) is 3. The Morgan fingerprint density at radius 2 is 2.23 bits per heavy atom. The van der Waals surface area contributed by atoms with Crippen LogP contribution < -0.4 is 0 Å². The van der Waals surface area contributed by atoms with Crippen LogP contribution in [0.25, 0.3) is 0 Å². The highest BCUT2D eigenvalue weighted by molar-refractivity contribution is 7.89. The van der Waals surface area contributed by atoms with Crippen LogP contribution in [0.2, 0.25) is 0 Å². The van der Waals surface area contributed by atoms with E-state index in [1.165, 1.54) is 17.5 Å². The van der Waals surface area contributed by atoms with E-state index in [9.17, 15) is 8.42 Å². The van der Waals surface area contributed by atoms with E-state index >= 15 is 0 Å². The predicted molar refractivity (Wildman–Crippen MR) is 48.8 cm³/mol. The summed E-state index contributed by atoms with van der Waals surface area (Å²) in [6.07, 6.45) is 1.33. The molecule has 0 saturated carbocycles. The third kappa shape index (κ3) is 1.89. The molecule has 0 saturated heterocycles. The smallest absolute Gasteiger partial charge is 0.259 e. The summed E-state index contributed by atoms with van der Waals surface area (Å²) < 4.78 is 24.5. The standard InChI is InChI=1S/C7H13N3O2S/c1-4-10(3)13(11,12)7-5-8-6(2)9-7/h5H,4H2,1-3H3,(H,8,9). The summed E-state index contributed by atoms with van der Waals surface area (Å²) in [4.78, 5) is 6.53. The molecular weight excluding hydrogens is 190 g/mol. The molecule has 5 nitrogen and oxygen atoms in total. The summed E-state index contributed by atoms with van der Waals surface area (Å²) in [7, 11) is -1.82. The lowest BCUT2D eigenvalue weighted by Gasteiger charge is -2.12. The van der Waals surface area contributed by atoms with Crippen molar-refractivity contribution in [1.82, 2.24) is 14.3 Å². The number of sulfonamides is 1. The van der Waals surface area contributed by atoms with Crippen molar-refractivity contribution in [2.45, 2.75) is 18.9 Å². The first-order chi connectivity index (χ1) is 5.98. The zero-order valence-electron chi connectivity index (χ0n) is 7.90. The zero-order valence-corrected chi connectivity index (χ0v) is 8.72. The van der Waals surface area contributed by atoms with Gasteiger partial charge in [0.1, 0.15) is 5.82 Å². The Morgan fingerprint density at radius 3 is 2.62 bits per heavy atom. The molecule has 74 valence electrons. The van der Waals surface area contributed by atoms with Crippen molar-refractivity contribution in [2.24, 2.45) is 0 Å². The molecule has 1 aromatic heterocycles. The molecule has 6 heteroatoms. The molecule has 0 aliphatic rings. The molecule has 0 spiro atoms. The summed E-state index contributed by atoms with van der Waals surface area (Å²) in [6, 6.07) is 0. The molecule has 0 aliphatic heterocycles. The van der Waals surface area contributed by atoms with Crippen LogP contribution in [0, 0.1) is 6.92 Å². The predicted octanol–water partition coefficient (Wildman–Crippen LogP) is 0.359. The van der Waals surface area contributed by atoms with Gasteiger partial charge in [-0.3, -0.25) is 0 Å². The Balaban J connectivity index is 3.08. The molecule has 0 atom stereocenters. The molecule has 0 bridgehead atoms. The highest BCUT2D eigenvalue weighted by atomic mass is 32.2. The number of aromatic amines is 1. The van der Waals surface area contributed by atoms with Gasteiger partial charge in [-0.25, -0.2) is 13.4 Å². The fraction of sp³-hybridized carbons (Fsp3) is 0.571. The van der Waals surface area contributed by atoms with Crippen molar-refractivity contribution in [3.63, 3.8) is 0 Å². The van der Waals surface area contributed by atoms with Gasteiger partial charge in [-0.15, -0.1) is 0 Å². The highest BCUT2D eigenvalue weighted by Gasteiger charge is 2.20. The molecule has 13 heavy (non-hydrogen) atoms. The summed E-state index contributed by atoms with van der Waals surface area (Å²) in [5, 5.41) is 0.148. The minimum atomic E-state index is -3.35. The third-order valence-corrected chi connectivity index (χ3v) is 3.66. The van der Waals surface area contributed by atoms with Crippen molar-refractivity contribution in [3.8, 4) is 0 Å². The molecule has 0 aromatic carbocycles. The van der Waals surface area contributed by atoms with Crippen molar-refractivity contribution in [2.75, 3.05) is 13.6 Å². The van der Waals surface area contributed by atoms with Crippen LogP contribution in [0.4, 0.5) is 0 Å². The molecule has 0 amide bonds. The van der Waals surface area contributed by atoms with Gasteiger partial charge in [0, 0.05) is 13.6 Å². The molecule has 1 heterocycles. The monoisotopic (exact) mass is 203 g/mol. The van der Waals surface area contributed by atoms with Crippen LogP contribution in [0.3, 0.4) is 0 Å². The van der Waals surface area contributed by atoms with Gasteiger partial charge in [0.05, 0.1) is 6.20 Å². The number of aromatic nitrogens is 2. The maximum Gasteiger partial charge on any atom is 0.259 e. The van der Waals surface area contributed by atoms with Gasteiger partial charge in [0.2, 0.25) is 0 Å². The molecule has 0 unspecified atom stereocenters. The lowest BCUT2D eigenvalue weighted by atomic mass is 10.8. The van der Waals surface area contributed by atoms with E-state index < -0.39 is 10.0 Å². The second kappa shape index (κ2) is 3.47. The fourth-order valence-electron chi connectivity index (χ4n) is 0.867. The summed E-state index contributed by atoms with van der Waals surface area (Å²) in [5.41, 5.74) is 0. The van der Waals surface area contributed by atoms with E-state index in [2.05, 4.69) is 9.97 Å². The first kappa shape index (κ1) is 10.2. The summed E-state index contributed by atoms with van der Waals surface area (Å²) in [5.74, 6) is 0.600. The van der Waals surface area contributed by atoms with E-state index in [1.54, 1.807) is 13.8 Å². The van der Waals surface area contributed by atoms with Gasteiger partial charge in [-0.2, -0.15) is 4.31 Å². The first-order valence-corrected chi connectivity index (χ1v) is 5.40. The van der Waals surface area contributed by atoms with Crippen LogP contribution in [0.5, 0.6) is 0 Å². The lowest BCUT2D eigenvalue weighted by molar-refractivity contribution is 0.483. The Bertz CT molecular complexity index is 382. The van der Waals surface area contributed by atoms with Gasteiger partial charge in [0.15, 0.2) is 5.03 Å². The van der Waals surface area contributed by atoms with Gasteiger partial charge < -0.3 is 4.98 Å². The normalized spacial score (nSPS) is 12.3. The largest absolute Gasteiger partial charge is 0.332 e. The van der Waals surface area contributed by atoms with E-state index in [1.807, 2.05) is 0 Å². The van der Waals surface area contributed by atoms with Crippen LogP contribution in [-0.4, -0.2) is 36.3 Å². The third-order valence-electron chi connectivity index (χ3n) is 1.81. The number of hydrogen-bond donors (Lipinski definition) is 1. The summed E-state index contributed by atoms with van der Waals surface area (Å²) in [6.45, 7) is 3.94. The number of H-pyrrole nitrogens is 1. The lowest BCUT2D eigenvalue weighted by Crippen LogP contribution is -2.26. The number of rotatable bonds is 3.